The fraction of sp³-hybridized carbons (Fsp3) is 0.857. The van der Waals surface area contributed by atoms with Crippen molar-refractivity contribution in [3.05, 3.63) is 0 Å². The first kappa shape index (κ1) is 14.3. The zero-order valence-corrected chi connectivity index (χ0v) is 12.0. The van der Waals surface area contributed by atoms with Gasteiger partial charge in [0.15, 0.2) is 5.60 Å². The first-order chi connectivity index (χ1) is 8.77. The van der Waals surface area contributed by atoms with Crippen LogP contribution in [0.3, 0.4) is 0 Å². The van der Waals surface area contributed by atoms with Crippen molar-refractivity contribution in [3.63, 3.8) is 0 Å². The molecule has 0 N–H and O–H groups in total. The Bertz CT molecular complexity index is 384. The van der Waals surface area contributed by atoms with Crippen molar-refractivity contribution in [1.82, 2.24) is 0 Å². The summed E-state index contributed by atoms with van der Waals surface area (Å²) >= 11 is 0. The summed E-state index contributed by atoms with van der Waals surface area (Å²) in [5.41, 5.74) is -1.43. The van der Waals surface area contributed by atoms with Gasteiger partial charge in [0, 0.05) is 6.42 Å². The minimum absolute atomic E-state index is 0.209. The van der Waals surface area contributed by atoms with Gasteiger partial charge in [-0.2, -0.15) is 0 Å². The van der Waals surface area contributed by atoms with Gasteiger partial charge in [0.1, 0.15) is 5.60 Å². The van der Waals surface area contributed by atoms with Crippen LogP contribution in [0.1, 0.15) is 47.0 Å². The molecule has 1 unspecified atom stereocenters. The predicted octanol–water partition coefficient (Wildman–Crippen LogP) is 1.83. The van der Waals surface area contributed by atoms with Gasteiger partial charge in [0.2, 0.25) is 0 Å². The van der Waals surface area contributed by atoms with E-state index >= 15 is 0 Å². The molecular weight excluding hydrogens is 248 g/mol. The van der Waals surface area contributed by atoms with Gasteiger partial charge in [-0.1, -0.05) is 0 Å². The Morgan fingerprint density at radius 2 is 2.05 bits per heavy atom. The van der Waals surface area contributed by atoms with Gasteiger partial charge >= 0.3 is 11.9 Å². The highest BCUT2D eigenvalue weighted by Gasteiger charge is 2.60. The molecule has 2 bridgehead atoms. The van der Waals surface area contributed by atoms with Crippen LogP contribution in [0.25, 0.3) is 0 Å². The Morgan fingerprint density at radius 1 is 1.37 bits per heavy atom. The molecule has 0 aromatic carbocycles. The molecular formula is C14H22O5. The lowest BCUT2D eigenvalue weighted by Gasteiger charge is -2.26. The standard InChI is InChI=1S/C14H22O5/c1-5-17-12(16)14-7-6-10(18-14)9(8-14)11(15)19-13(2,3)4/h9-10H,5-8H2,1-4H3/t9-,10?,14-/m0/s1. The van der Waals surface area contributed by atoms with E-state index in [0.717, 1.165) is 0 Å². The summed E-state index contributed by atoms with van der Waals surface area (Å²) in [5.74, 6) is -0.968. The Morgan fingerprint density at radius 3 is 2.63 bits per heavy atom. The largest absolute Gasteiger partial charge is 0.464 e. The number of esters is 2. The molecule has 5 heteroatoms. The van der Waals surface area contributed by atoms with Crippen LogP contribution in [0.2, 0.25) is 0 Å². The van der Waals surface area contributed by atoms with Crippen molar-refractivity contribution < 1.29 is 23.8 Å². The van der Waals surface area contributed by atoms with Gasteiger partial charge in [-0.15, -0.1) is 0 Å². The first-order valence-electron chi connectivity index (χ1n) is 6.85. The molecule has 2 aliphatic heterocycles. The third kappa shape index (κ3) is 2.76. The summed E-state index contributed by atoms with van der Waals surface area (Å²) < 4.78 is 16.2. The van der Waals surface area contributed by atoms with Crippen molar-refractivity contribution in [2.45, 2.75) is 64.3 Å². The van der Waals surface area contributed by atoms with Crippen LogP contribution in [-0.2, 0) is 23.8 Å². The molecule has 0 saturated carbocycles. The number of ether oxygens (including phenoxy) is 3. The maximum Gasteiger partial charge on any atom is 0.338 e. The van der Waals surface area contributed by atoms with E-state index < -0.39 is 11.2 Å². The molecule has 0 aromatic heterocycles. The lowest BCUT2D eigenvalue weighted by atomic mass is 9.81. The number of rotatable bonds is 3. The Balaban J connectivity index is 2.05. The van der Waals surface area contributed by atoms with Crippen molar-refractivity contribution >= 4 is 11.9 Å². The minimum Gasteiger partial charge on any atom is -0.464 e. The number of fused-ring (bicyclic) bond motifs is 2. The molecule has 108 valence electrons. The van der Waals surface area contributed by atoms with Crippen molar-refractivity contribution in [2.24, 2.45) is 5.92 Å². The van der Waals surface area contributed by atoms with E-state index in [0.29, 0.717) is 25.9 Å². The molecule has 2 aliphatic rings. The van der Waals surface area contributed by atoms with E-state index in [1.165, 1.54) is 0 Å². The fourth-order valence-electron chi connectivity index (χ4n) is 2.81. The number of hydrogen-bond donors (Lipinski definition) is 0. The summed E-state index contributed by atoms with van der Waals surface area (Å²) in [4.78, 5) is 24.1. The maximum atomic E-state index is 12.1. The summed E-state index contributed by atoms with van der Waals surface area (Å²) in [6, 6.07) is 0. The highest BCUT2D eigenvalue weighted by Crippen LogP contribution is 2.48. The zero-order valence-electron chi connectivity index (χ0n) is 12.0. The van der Waals surface area contributed by atoms with E-state index in [1.807, 2.05) is 20.8 Å². The third-order valence-electron chi connectivity index (χ3n) is 3.57. The molecule has 0 radical (unpaired) electrons. The molecule has 2 heterocycles. The molecule has 19 heavy (non-hydrogen) atoms. The van der Waals surface area contributed by atoms with Gasteiger partial charge in [-0.25, -0.2) is 4.79 Å². The highest BCUT2D eigenvalue weighted by molar-refractivity contribution is 5.83. The van der Waals surface area contributed by atoms with Crippen molar-refractivity contribution in [3.8, 4) is 0 Å². The molecule has 2 rings (SSSR count). The Hall–Kier alpha value is -1.10. The van der Waals surface area contributed by atoms with E-state index in [2.05, 4.69) is 0 Å². The lowest BCUT2D eigenvalue weighted by molar-refractivity contribution is -0.164. The number of carbonyl (C=O) groups excluding carboxylic acids is 2. The Kier molecular flexibility index (Phi) is 3.60. The second-order valence-electron chi connectivity index (χ2n) is 6.25. The summed E-state index contributed by atoms with van der Waals surface area (Å²) in [6.07, 6.45) is 1.52. The normalized spacial score (nSPS) is 33.3. The Labute approximate surface area is 113 Å². The predicted molar refractivity (Wildman–Crippen MR) is 67.4 cm³/mol. The smallest absolute Gasteiger partial charge is 0.338 e. The third-order valence-corrected chi connectivity index (χ3v) is 3.57. The quantitative estimate of drug-likeness (QED) is 0.732. The topological polar surface area (TPSA) is 61.8 Å². The van der Waals surface area contributed by atoms with E-state index in [1.54, 1.807) is 6.92 Å². The summed E-state index contributed by atoms with van der Waals surface area (Å²) in [5, 5.41) is 0. The fourth-order valence-corrected chi connectivity index (χ4v) is 2.81. The molecule has 5 nitrogen and oxygen atoms in total. The van der Waals surface area contributed by atoms with Crippen LogP contribution >= 0.6 is 0 Å². The number of hydrogen-bond acceptors (Lipinski definition) is 5. The van der Waals surface area contributed by atoms with E-state index in [-0.39, 0.29) is 24.0 Å². The van der Waals surface area contributed by atoms with E-state index in [9.17, 15) is 9.59 Å². The molecule has 0 aliphatic carbocycles. The first-order valence-corrected chi connectivity index (χ1v) is 6.85. The highest BCUT2D eigenvalue weighted by atomic mass is 16.6. The van der Waals surface area contributed by atoms with Crippen LogP contribution < -0.4 is 0 Å². The van der Waals surface area contributed by atoms with Crippen LogP contribution in [0.5, 0.6) is 0 Å². The SMILES string of the molecule is CCOC(=O)[C@@]12CCC(O1)[C@@H](C(=O)OC(C)(C)C)C2. The second-order valence-corrected chi connectivity index (χ2v) is 6.25. The number of carbonyl (C=O) groups is 2. The molecule has 0 amide bonds. The summed E-state index contributed by atoms with van der Waals surface area (Å²) in [6.45, 7) is 7.59. The summed E-state index contributed by atoms with van der Waals surface area (Å²) in [7, 11) is 0. The van der Waals surface area contributed by atoms with Gasteiger partial charge < -0.3 is 14.2 Å². The van der Waals surface area contributed by atoms with Gasteiger partial charge in [0.05, 0.1) is 18.6 Å². The van der Waals surface area contributed by atoms with Gasteiger partial charge in [-0.3, -0.25) is 4.79 Å². The molecule has 2 saturated heterocycles. The average Bonchev–Trinajstić information content (AvgIpc) is 2.85. The average molecular weight is 270 g/mol. The zero-order chi connectivity index (χ0) is 14.3. The van der Waals surface area contributed by atoms with Crippen molar-refractivity contribution in [1.29, 1.82) is 0 Å². The van der Waals surface area contributed by atoms with Gasteiger partial charge in [0.25, 0.3) is 0 Å². The van der Waals surface area contributed by atoms with Crippen LogP contribution in [0.4, 0.5) is 0 Å². The molecule has 0 aromatic rings. The van der Waals surface area contributed by atoms with Crippen LogP contribution in [0.15, 0.2) is 0 Å². The maximum absolute atomic E-state index is 12.1. The lowest BCUT2D eigenvalue weighted by Crippen LogP contribution is -2.40. The molecule has 2 fully saturated rings. The van der Waals surface area contributed by atoms with E-state index in [4.69, 9.17) is 14.2 Å². The van der Waals surface area contributed by atoms with Gasteiger partial charge in [-0.05, 0) is 40.5 Å². The van der Waals surface area contributed by atoms with Crippen LogP contribution in [0, 0.1) is 5.92 Å². The molecule has 3 atom stereocenters. The van der Waals surface area contributed by atoms with Crippen LogP contribution in [-0.4, -0.2) is 35.9 Å². The second kappa shape index (κ2) is 4.78. The van der Waals surface area contributed by atoms with Crippen molar-refractivity contribution in [2.75, 3.05) is 6.61 Å². The monoisotopic (exact) mass is 270 g/mol. The molecule has 0 spiro atoms. The minimum atomic E-state index is -0.914.